The highest BCUT2D eigenvalue weighted by Gasteiger charge is 2.23. The van der Waals surface area contributed by atoms with Crippen molar-refractivity contribution in [1.82, 2.24) is 4.98 Å². The molecule has 0 atom stereocenters. The Kier molecular flexibility index (Phi) is 3.93. The van der Waals surface area contributed by atoms with Crippen molar-refractivity contribution >= 4 is 28.4 Å². The molecule has 1 aromatic heterocycles. The minimum Gasteiger partial charge on any atom is -0.447 e. The first-order valence-electron chi connectivity index (χ1n) is 8.02. The maximum absolute atomic E-state index is 13.8. The zero-order valence-electron chi connectivity index (χ0n) is 13.4. The molecule has 1 aliphatic heterocycles. The third-order valence-corrected chi connectivity index (χ3v) is 4.15. The van der Waals surface area contributed by atoms with Crippen LogP contribution in [0.25, 0.3) is 10.9 Å². The van der Waals surface area contributed by atoms with E-state index in [1.54, 1.807) is 17.2 Å². The van der Waals surface area contributed by atoms with E-state index in [1.807, 2.05) is 30.3 Å². The molecule has 0 aliphatic carbocycles. The molecule has 1 amide bonds. The number of carbonyl (C=O) groups is 1. The van der Waals surface area contributed by atoms with E-state index in [4.69, 9.17) is 4.74 Å². The molecule has 5 nitrogen and oxygen atoms in total. The minimum absolute atomic E-state index is 0.286. The van der Waals surface area contributed by atoms with Crippen LogP contribution in [0.2, 0.25) is 0 Å². The van der Waals surface area contributed by atoms with Crippen LogP contribution in [0.15, 0.2) is 54.7 Å². The molecular weight excluding hydrogens is 321 g/mol. The van der Waals surface area contributed by atoms with Crippen LogP contribution in [0.3, 0.4) is 0 Å². The summed E-state index contributed by atoms with van der Waals surface area (Å²) < 4.78 is 18.8. The molecule has 4 rings (SSSR count). The molecule has 2 aromatic carbocycles. The summed E-state index contributed by atoms with van der Waals surface area (Å²) in [6.45, 7) is 1.37. The number of anilines is 2. The average Bonchev–Trinajstić information content (AvgIpc) is 3.06. The van der Waals surface area contributed by atoms with Crippen molar-refractivity contribution in [2.45, 2.75) is 6.54 Å². The van der Waals surface area contributed by atoms with Crippen molar-refractivity contribution in [3.63, 3.8) is 0 Å². The van der Waals surface area contributed by atoms with Gasteiger partial charge in [-0.15, -0.1) is 0 Å². The van der Waals surface area contributed by atoms with Crippen LogP contribution in [-0.4, -0.2) is 24.2 Å². The summed E-state index contributed by atoms with van der Waals surface area (Å²) in [6, 6.07) is 14.1. The predicted molar refractivity (Wildman–Crippen MR) is 94.2 cm³/mol. The van der Waals surface area contributed by atoms with E-state index >= 15 is 0 Å². The van der Waals surface area contributed by atoms with Crippen molar-refractivity contribution in [3.05, 3.63) is 66.1 Å². The third kappa shape index (κ3) is 3.10. The van der Waals surface area contributed by atoms with Gasteiger partial charge in [0, 0.05) is 35.1 Å². The summed E-state index contributed by atoms with van der Waals surface area (Å²) in [7, 11) is 0. The Morgan fingerprint density at radius 1 is 1.20 bits per heavy atom. The number of ether oxygens (including phenoxy) is 1. The van der Waals surface area contributed by atoms with E-state index in [0.29, 0.717) is 19.7 Å². The molecule has 25 heavy (non-hydrogen) atoms. The third-order valence-electron chi connectivity index (χ3n) is 4.15. The molecule has 3 aromatic rings. The van der Waals surface area contributed by atoms with Gasteiger partial charge in [0.2, 0.25) is 0 Å². The van der Waals surface area contributed by atoms with Gasteiger partial charge in [-0.3, -0.25) is 9.88 Å². The van der Waals surface area contributed by atoms with Gasteiger partial charge in [-0.1, -0.05) is 12.1 Å². The molecule has 1 N–H and O–H groups in total. The van der Waals surface area contributed by atoms with Gasteiger partial charge in [0.1, 0.15) is 12.4 Å². The number of carbonyl (C=O) groups excluding carboxylic acids is 1. The highest BCUT2D eigenvalue weighted by Crippen LogP contribution is 2.24. The zero-order valence-corrected chi connectivity index (χ0v) is 13.4. The highest BCUT2D eigenvalue weighted by atomic mass is 19.1. The zero-order chi connectivity index (χ0) is 17.2. The number of fused-ring (bicyclic) bond motifs is 1. The largest absolute Gasteiger partial charge is 0.447 e. The summed E-state index contributed by atoms with van der Waals surface area (Å²) in [6.07, 6.45) is 1.36. The number of amides is 1. The number of halogens is 1. The number of benzene rings is 2. The lowest BCUT2D eigenvalue weighted by molar-refractivity contribution is 0.181. The maximum Gasteiger partial charge on any atom is 0.414 e. The molecule has 0 spiro atoms. The Hall–Kier alpha value is -3.15. The van der Waals surface area contributed by atoms with Crippen LogP contribution < -0.4 is 10.2 Å². The molecule has 1 aliphatic rings. The van der Waals surface area contributed by atoms with Crippen LogP contribution in [-0.2, 0) is 11.3 Å². The standard InChI is InChI=1S/C19H16FN3O2/c20-15-9-13-3-2-6-21-18(13)14(10-15)12-22-16-4-1-5-17(11-16)23-7-8-25-19(23)24/h1-6,9-11,22H,7-8,12H2. The molecule has 6 heteroatoms. The van der Waals surface area contributed by atoms with Gasteiger partial charge >= 0.3 is 6.09 Å². The molecule has 0 saturated carbocycles. The number of hydrogen-bond acceptors (Lipinski definition) is 4. The van der Waals surface area contributed by atoms with E-state index in [9.17, 15) is 9.18 Å². The van der Waals surface area contributed by atoms with Crippen molar-refractivity contribution in [3.8, 4) is 0 Å². The number of rotatable bonds is 4. The van der Waals surface area contributed by atoms with Crippen LogP contribution >= 0.6 is 0 Å². The number of aromatic nitrogens is 1. The number of nitrogens with zero attached hydrogens (tertiary/aromatic N) is 2. The van der Waals surface area contributed by atoms with Crippen LogP contribution in [0.5, 0.6) is 0 Å². The first-order valence-corrected chi connectivity index (χ1v) is 8.02. The molecule has 0 radical (unpaired) electrons. The van der Waals surface area contributed by atoms with Crippen molar-refractivity contribution < 1.29 is 13.9 Å². The van der Waals surface area contributed by atoms with Gasteiger partial charge in [-0.25, -0.2) is 9.18 Å². The summed E-state index contributed by atoms with van der Waals surface area (Å²) in [5.41, 5.74) is 3.16. The van der Waals surface area contributed by atoms with Crippen molar-refractivity contribution in [1.29, 1.82) is 0 Å². The second kappa shape index (κ2) is 6.39. The Bertz CT molecular complexity index is 945. The van der Waals surface area contributed by atoms with E-state index in [0.717, 1.165) is 27.8 Å². The average molecular weight is 337 g/mol. The highest BCUT2D eigenvalue weighted by molar-refractivity contribution is 5.90. The van der Waals surface area contributed by atoms with Gasteiger partial charge in [0.15, 0.2) is 0 Å². The lowest BCUT2D eigenvalue weighted by atomic mass is 10.1. The molecule has 1 fully saturated rings. The first-order chi connectivity index (χ1) is 12.2. The monoisotopic (exact) mass is 337 g/mol. The van der Waals surface area contributed by atoms with Gasteiger partial charge in [0.05, 0.1) is 12.1 Å². The normalized spacial score (nSPS) is 14.0. The number of cyclic esters (lactones) is 1. The molecule has 2 heterocycles. The first kappa shape index (κ1) is 15.4. The molecule has 126 valence electrons. The minimum atomic E-state index is -0.336. The predicted octanol–water partition coefficient (Wildman–Crippen LogP) is 3.94. The van der Waals surface area contributed by atoms with Gasteiger partial charge in [-0.05, 0) is 36.4 Å². The summed E-state index contributed by atoms with van der Waals surface area (Å²) in [5.74, 6) is -0.286. The van der Waals surface area contributed by atoms with Crippen molar-refractivity contribution in [2.24, 2.45) is 0 Å². The van der Waals surface area contributed by atoms with E-state index in [-0.39, 0.29) is 11.9 Å². The fourth-order valence-electron chi connectivity index (χ4n) is 2.97. The molecule has 0 unspecified atom stereocenters. The van der Waals surface area contributed by atoms with Crippen molar-refractivity contribution in [2.75, 3.05) is 23.4 Å². The van der Waals surface area contributed by atoms with Crippen LogP contribution in [0.4, 0.5) is 20.6 Å². The van der Waals surface area contributed by atoms with E-state index < -0.39 is 0 Å². The Morgan fingerprint density at radius 2 is 2.12 bits per heavy atom. The number of pyridine rings is 1. The summed E-state index contributed by atoms with van der Waals surface area (Å²) >= 11 is 0. The van der Waals surface area contributed by atoms with E-state index in [2.05, 4.69) is 10.3 Å². The summed E-state index contributed by atoms with van der Waals surface area (Å²) in [4.78, 5) is 17.6. The number of nitrogens with one attached hydrogen (secondary N) is 1. The Labute approximate surface area is 144 Å². The smallest absolute Gasteiger partial charge is 0.414 e. The second-order valence-electron chi connectivity index (χ2n) is 5.81. The summed E-state index contributed by atoms with van der Waals surface area (Å²) in [5, 5.41) is 4.04. The Balaban J connectivity index is 1.57. The SMILES string of the molecule is O=C1OCCN1c1cccc(NCc2cc(F)cc3cccnc23)c1. The molecule has 0 bridgehead atoms. The fraction of sp³-hybridized carbons (Fsp3) is 0.158. The lowest BCUT2D eigenvalue weighted by Crippen LogP contribution is -2.23. The number of hydrogen-bond donors (Lipinski definition) is 1. The van der Waals surface area contributed by atoms with Gasteiger partial charge in [-0.2, -0.15) is 0 Å². The van der Waals surface area contributed by atoms with E-state index in [1.165, 1.54) is 12.1 Å². The Morgan fingerprint density at radius 3 is 2.96 bits per heavy atom. The second-order valence-corrected chi connectivity index (χ2v) is 5.81. The molecular formula is C19H16FN3O2. The lowest BCUT2D eigenvalue weighted by Gasteiger charge is -2.15. The van der Waals surface area contributed by atoms with Gasteiger partial charge in [0.25, 0.3) is 0 Å². The topological polar surface area (TPSA) is 54.5 Å². The maximum atomic E-state index is 13.8. The fourth-order valence-corrected chi connectivity index (χ4v) is 2.97. The molecule has 1 saturated heterocycles. The quantitative estimate of drug-likeness (QED) is 0.783. The van der Waals surface area contributed by atoms with Gasteiger partial charge < -0.3 is 10.1 Å². The van der Waals surface area contributed by atoms with Crippen LogP contribution in [0, 0.1) is 5.82 Å². The van der Waals surface area contributed by atoms with Crippen LogP contribution in [0.1, 0.15) is 5.56 Å².